The minimum atomic E-state index is 0.1000. The average Bonchev–Trinajstić information content (AvgIpc) is 2.20. The third-order valence-corrected chi connectivity index (χ3v) is 2.67. The monoisotopic (exact) mass is 214 g/mol. The normalized spacial score (nSPS) is 18.3. The Morgan fingerprint density at radius 3 is 2.07 bits per heavy atom. The molecule has 0 unspecified atom stereocenters. The van der Waals surface area contributed by atoms with E-state index in [1.807, 2.05) is 13.8 Å². The van der Waals surface area contributed by atoms with Crippen molar-refractivity contribution in [2.75, 3.05) is 13.1 Å². The van der Waals surface area contributed by atoms with Crippen molar-refractivity contribution in [3.8, 4) is 0 Å². The first-order valence-electron chi connectivity index (χ1n) is 6.10. The largest absolute Gasteiger partial charge is 0.354 e. The van der Waals surface area contributed by atoms with Crippen LogP contribution in [0.1, 0.15) is 47.5 Å². The topological polar surface area (TPSA) is 32.3 Å². The van der Waals surface area contributed by atoms with Crippen molar-refractivity contribution in [1.29, 1.82) is 0 Å². The van der Waals surface area contributed by atoms with E-state index in [0.717, 1.165) is 25.9 Å². The van der Waals surface area contributed by atoms with Crippen LogP contribution < -0.4 is 5.32 Å². The summed E-state index contributed by atoms with van der Waals surface area (Å²) in [5, 5.41) is 2.98. The number of nitrogens with one attached hydrogen (secondary N) is 1. The number of nitrogens with zero attached hydrogens (tertiary/aromatic N) is 1. The van der Waals surface area contributed by atoms with Crippen LogP contribution in [0.4, 0.5) is 0 Å². The van der Waals surface area contributed by atoms with E-state index in [0.29, 0.717) is 12.1 Å². The van der Waals surface area contributed by atoms with E-state index in [2.05, 4.69) is 24.1 Å². The molecular formula is C12H26N2O. The molecule has 0 aromatic heterocycles. The molecule has 1 rings (SSSR count). The van der Waals surface area contributed by atoms with Crippen molar-refractivity contribution < 1.29 is 4.79 Å². The minimum Gasteiger partial charge on any atom is -0.354 e. The molecular weight excluding hydrogens is 188 g/mol. The molecule has 0 radical (unpaired) electrons. The van der Waals surface area contributed by atoms with Crippen LogP contribution in [-0.4, -0.2) is 36.0 Å². The SMILES string of the molecule is CC.CC(=O)NC1CCN(C(C)C)CC1. The van der Waals surface area contributed by atoms with Crippen molar-refractivity contribution in [3.63, 3.8) is 0 Å². The lowest BCUT2D eigenvalue weighted by Crippen LogP contribution is -2.46. The Hall–Kier alpha value is -0.570. The number of amides is 1. The van der Waals surface area contributed by atoms with Crippen LogP contribution in [0.15, 0.2) is 0 Å². The molecule has 1 aliphatic rings. The molecule has 3 heteroatoms. The van der Waals surface area contributed by atoms with Gasteiger partial charge in [-0.15, -0.1) is 0 Å². The minimum absolute atomic E-state index is 0.1000. The highest BCUT2D eigenvalue weighted by Crippen LogP contribution is 2.12. The number of rotatable bonds is 2. The summed E-state index contributed by atoms with van der Waals surface area (Å²) in [6.45, 7) is 12.3. The summed E-state index contributed by atoms with van der Waals surface area (Å²) in [6, 6.07) is 1.05. The second-order valence-electron chi connectivity index (χ2n) is 4.10. The molecule has 90 valence electrons. The Morgan fingerprint density at radius 2 is 1.73 bits per heavy atom. The number of hydrogen-bond donors (Lipinski definition) is 1. The van der Waals surface area contributed by atoms with Crippen LogP contribution in [0.3, 0.4) is 0 Å². The van der Waals surface area contributed by atoms with Crippen LogP contribution >= 0.6 is 0 Å². The highest BCUT2D eigenvalue weighted by atomic mass is 16.1. The van der Waals surface area contributed by atoms with E-state index < -0.39 is 0 Å². The van der Waals surface area contributed by atoms with Gasteiger partial charge in [-0.2, -0.15) is 0 Å². The molecule has 0 atom stereocenters. The fraction of sp³-hybridized carbons (Fsp3) is 0.917. The van der Waals surface area contributed by atoms with Gasteiger partial charge < -0.3 is 10.2 Å². The molecule has 0 aromatic carbocycles. The highest BCUT2D eigenvalue weighted by Gasteiger charge is 2.20. The first-order chi connectivity index (χ1) is 7.09. The molecule has 3 nitrogen and oxygen atoms in total. The maximum Gasteiger partial charge on any atom is 0.217 e. The molecule has 0 aromatic rings. The van der Waals surface area contributed by atoms with E-state index in [-0.39, 0.29) is 5.91 Å². The lowest BCUT2D eigenvalue weighted by atomic mass is 10.0. The van der Waals surface area contributed by atoms with E-state index in [1.54, 1.807) is 6.92 Å². The van der Waals surface area contributed by atoms with Crippen LogP contribution in [0, 0.1) is 0 Å². The Bertz CT molecular complexity index is 172. The number of carbonyl (C=O) groups excluding carboxylic acids is 1. The number of hydrogen-bond acceptors (Lipinski definition) is 2. The molecule has 0 bridgehead atoms. The van der Waals surface area contributed by atoms with Gasteiger partial charge in [0.25, 0.3) is 0 Å². The van der Waals surface area contributed by atoms with Crippen LogP contribution in [0.25, 0.3) is 0 Å². The van der Waals surface area contributed by atoms with E-state index in [4.69, 9.17) is 0 Å². The van der Waals surface area contributed by atoms with Gasteiger partial charge >= 0.3 is 0 Å². The Kier molecular flexibility index (Phi) is 7.39. The quantitative estimate of drug-likeness (QED) is 0.763. The van der Waals surface area contributed by atoms with Gasteiger partial charge in [0.1, 0.15) is 0 Å². The summed E-state index contributed by atoms with van der Waals surface area (Å²) < 4.78 is 0. The number of piperidine rings is 1. The lowest BCUT2D eigenvalue weighted by Gasteiger charge is -2.34. The smallest absolute Gasteiger partial charge is 0.217 e. The van der Waals surface area contributed by atoms with Crippen molar-refractivity contribution in [3.05, 3.63) is 0 Å². The molecule has 0 aliphatic carbocycles. The molecule has 0 saturated carbocycles. The van der Waals surface area contributed by atoms with E-state index >= 15 is 0 Å². The zero-order valence-electron chi connectivity index (χ0n) is 10.8. The first kappa shape index (κ1) is 14.4. The van der Waals surface area contributed by atoms with Crippen molar-refractivity contribution in [2.45, 2.75) is 59.5 Å². The van der Waals surface area contributed by atoms with Gasteiger partial charge in [0.05, 0.1) is 0 Å². The zero-order valence-corrected chi connectivity index (χ0v) is 10.8. The maximum atomic E-state index is 10.8. The first-order valence-corrected chi connectivity index (χ1v) is 6.10. The molecule has 0 spiro atoms. The molecule has 1 amide bonds. The fourth-order valence-corrected chi connectivity index (χ4v) is 1.85. The summed E-state index contributed by atoms with van der Waals surface area (Å²) in [5.41, 5.74) is 0. The molecule has 1 saturated heterocycles. The lowest BCUT2D eigenvalue weighted by molar-refractivity contribution is -0.120. The molecule has 15 heavy (non-hydrogen) atoms. The van der Waals surface area contributed by atoms with Gasteiger partial charge in [-0.3, -0.25) is 4.79 Å². The van der Waals surface area contributed by atoms with Gasteiger partial charge in [-0.1, -0.05) is 13.8 Å². The maximum absolute atomic E-state index is 10.8. The molecule has 1 heterocycles. The summed E-state index contributed by atoms with van der Waals surface area (Å²) >= 11 is 0. The van der Waals surface area contributed by atoms with Crippen molar-refractivity contribution in [1.82, 2.24) is 10.2 Å². The molecule has 1 fully saturated rings. The van der Waals surface area contributed by atoms with Crippen molar-refractivity contribution >= 4 is 5.91 Å². The third-order valence-electron chi connectivity index (χ3n) is 2.67. The predicted molar refractivity (Wildman–Crippen MR) is 64.9 cm³/mol. The second-order valence-corrected chi connectivity index (χ2v) is 4.10. The summed E-state index contributed by atoms with van der Waals surface area (Å²) in [5.74, 6) is 0.1000. The van der Waals surface area contributed by atoms with Gasteiger partial charge in [0, 0.05) is 32.1 Å². The van der Waals surface area contributed by atoms with E-state index in [9.17, 15) is 4.79 Å². The Balaban J connectivity index is 0.000000921. The fourth-order valence-electron chi connectivity index (χ4n) is 1.85. The number of likely N-dealkylation sites (tertiary alicyclic amines) is 1. The van der Waals surface area contributed by atoms with Crippen LogP contribution in [0.5, 0.6) is 0 Å². The Morgan fingerprint density at radius 1 is 1.27 bits per heavy atom. The van der Waals surface area contributed by atoms with E-state index in [1.165, 1.54) is 0 Å². The molecule has 1 aliphatic heterocycles. The van der Waals surface area contributed by atoms with Gasteiger partial charge in [0.15, 0.2) is 0 Å². The van der Waals surface area contributed by atoms with Gasteiger partial charge in [0.2, 0.25) is 5.91 Å². The number of carbonyl (C=O) groups is 1. The van der Waals surface area contributed by atoms with Gasteiger partial charge in [-0.05, 0) is 26.7 Å². The second kappa shape index (κ2) is 7.69. The van der Waals surface area contributed by atoms with Crippen molar-refractivity contribution in [2.24, 2.45) is 0 Å². The van der Waals surface area contributed by atoms with Crippen LogP contribution in [0.2, 0.25) is 0 Å². The third kappa shape index (κ3) is 5.78. The summed E-state index contributed by atoms with van der Waals surface area (Å²) in [4.78, 5) is 13.3. The summed E-state index contributed by atoms with van der Waals surface area (Å²) in [7, 11) is 0. The zero-order chi connectivity index (χ0) is 11.8. The van der Waals surface area contributed by atoms with Crippen LogP contribution in [-0.2, 0) is 4.79 Å². The highest BCUT2D eigenvalue weighted by molar-refractivity contribution is 5.73. The predicted octanol–water partition coefficient (Wildman–Crippen LogP) is 2.02. The standard InChI is InChI=1S/C10H20N2O.C2H6/c1-8(2)12-6-4-10(5-7-12)11-9(3)13;1-2/h8,10H,4-7H2,1-3H3,(H,11,13);1-2H3. The van der Waals surface area contributed by atoms with Gasteiger partial charge in [-0.25, -0.2) is 0 Å². The average molecular weight is 214 g/mol. The summed E-state index contributed by atoms with van der Waals surface area (Å²) in [6.07, 6.45) is 2.19. The Labute approximate surface area is 94.2 Å². The molecule has 1 N–H and O–H groups in total.